The molecule has 1 unspecified atom stereocenters. The number of rotatable bonds is 31. The van der Waals surface area contributed by atoms with Gasteiger partial charge in [0.25, 0.3) is 5.91 Å². The number of hydrogen-bond acceptors (Lipinski definition) is 21. The number of aliphatic carboxylic acids is 1. The largest absolute Gasteiger partial charge is 0.508 e. The van der Waals surface area contributed by atoms with Crippen molar-refractivity contribution < 1.29 is 106 Å². The zero-order chi connectivity index (χ0) is 86.6. The molecular formula is C94H120N4O22. The van der Waals surface area contributed by atoms with E-state index in [0.717, 1.165) is 38.5 Å². The van der Waals surface area contributed by atoms with Crippen LogP contribution in [-0.2, 0) is 77.9 Å². The van der Waals surface area contributed by atoms with Crippen molar-refractivity contribution >= 4 is 65.4 Å². The number of phenols is 1. The third-order valence-electron chi connectivity index (χ3n) is 28.6. The average Bonchev–Trinajstić information content (AvgIpc) is 1.07. The van der Waals surface area contributed by atoms with Crippen LogP contribution in [0.2, 0.25) is 0 Å². The molecule has 1 saturated heterocycles. The summed E-state index contributed by atoms with van der Waals surface area (Å²) < 4.78 is 43.4. The lowest BCUT2D eigenvalue weighted by atomic mass is 9.44. The van der Waals surface area contributed by atoms with Crippen molar-refractivity contribution in [3.63, 3.8) is 0 Å². The molecule has 0 radical (unpaired) electrons. The van der Waals surface area contributed by atoms with Gasteiger partial charge in [-0.3, -0.25) is 33.6 Å². The Morgan fingerprint density at radius 3 is 2.01 bits per heavy atom. The van der Waals surface area contributed by atoms with Crippen LogP contribution in [0.1, 0.15) is 230 Å². The number of esters is 5. The maximum Gasteiger partial charge on any atom is 0.408 e. The van der Waals surface area contributed by atoms with Crippen molar-refractivity contribution in [3.8, 4) is 5.75 Å². The molecular weight excluding hydrogens is 1540 g/mol. The number of allylic oxidation sites excluding steroid dienone is 1. The summed E-state index contributed by atoms with van der Waals surface area (Å²) in [4.78, 5) is 157. The van der Waals surface area contributed by atoms with Gasteiger partial charge in [-0.05, 0) is 183 Å². The van der Waals surface area contributed by atoms with Crippen molar-refractivity contribution in [1.82, 2.24) is 21.3 Å². The number of benzene rings is 4. The number of nitrogens with one attached hydrogen (secondary N) is 4. The van der Waals surface area contributed by atoms with E-state index in [1.54, 1.807) is 78.9 Å². The van der Waals surface area contributed by atoms with Gasteiger partial charge >= 0.3 is 41.9 Å². The highest BCUT2D eigenvalue weighted by atomic mass is 16.6. The molecule has 0 spiro atoms. The highest BCUT2D eigenvalue weighted by Crippen LogP contribution is 2.69. The minimum absolute atomic E-state index is 0.00473. The molecule has 120 heavy (non-hydrogen) atoms. The molecule has 0 aromatic heterocycles. The van der Waals surface area contributed by atoms with E-state index in [4.69, 9.17) is 33.2 Å². The van der Waals surface area contributed by atoms with Gasteiger partial charge in [-0.2, -0.15) is 0 Å². The van der Waals surface area contributed by atoms with Crippen molar-refractivity contribution in [2.75, 3.05) is 13.2 Å². The predicted octanol–water partition coefficient (Wildman–Crippen LogP) is 12.4. The molecule has 8 aliphatic rings. The van der Waals surface area contributed by atoms with E-state index < -0.39 is 180 Å². The quantitative estimate of drug-likeness (QED) is 0.0100. The van der Waals surface area contributed by atoms with E-state index in [0.29, 0.717) is 47.5 Å². The van der Waals surface area contributed by atoms with Gasteiger partial charge in [-0.1, -0.05) is 158 Å². The van der Waals surface area contributed by atoms with E-state index >= 15 is 9.59 Å². The van der Waals surface area contributed by atoms with Crippen LogP contribution in [0, 0.1) is 63.1 Å². The number of phenolic OH excluding ortho intramolecular Hbond substituents is 1. The summed E-state index contributed by atoms with van der Waals surface area (Å²) in [5.41, 5.74) is -5.95. The third-order valence-corrected chi connectivity index (χ3v) is 28.6. The molecule has 6 fully saturated rings. The molecule has 648 valence electrons. The number of alkyl carbamates (subject to hydrolysis) is 1. The lowest BCUT2D eigenvalue weighted by molar-refractivity contribution is -0.346. The molecule has 21 atom stereocenters. The number of fused-ring (bicyclic) bond motifs is 10. The van der Waals surface area contributed by atoms with Crippen molar-refractivity contribution in [2.45, 2.75) is 270 Å². The Morgan fingerprint density at radius 1 is 0.692 bits per heavy atom. The molecule has 4 aromatic rings. The number of aromatic hydroxyl groups is 1. The number of ketones is 1. The lowest BCUT2D eigenvalue weighted by Gasteiger charge is -2.67. The minimum Gasteiger partial charge on any atom is -0.508 e. The van der Waals surface area contributed by atoms with Crippen LogP contribution >= 0.6 is 0 Å². The second-order valence-corrected chi connectivity index (χ2v) is 36.7. The first-order valence-electron chi connectivity index (χ1n) is 42.9. The maximum absolute atomic E-state index is 16.0. The fraction of sp³-hybridized carbons (Fsp3) is 0.585. The summed E-state index contributed by atoms with van der Waals surface area (Å²) in [6.45, 7) is 19.7. The van der Waals surface area contributed by atoms with Crippen LogP contribution in [0.5, 0.6) is 5.75 Å². The van der Waals surface area contributed by atoms with Gasteiger partial charge in [0.1, 0.15) is 53.9 Å². The van der Waals surface area contributed by atoms with Gasteiger partial charge in [0.05, 0.1) is 36.0 Å². The zero-order valence-corrected chi connectivity index (χ0v) is 70.8. The molecule has 26 nitrogen and oxygen atoms in total. The van der Waals surface area contributed by atoms with Gasteiger partial charge in [0, 0.05) is 63.5 Å². The molecule has 5 saturated carbocycles. The standard InChI is InChI=1S/C94H120N4O22/c1-53(2)24-23-25-54(3)66-39-40-67-65-38-35-62-49-64(43-45-90(62,9)68(65)44-46-91(66,67)10)116-88(112)97-70(48-58-33-36-63(101)37-34-58)84(107)96-69(85(108)109)32-21-22-47-95-74(103)41-42-75(104)118-79(77(59-26-15-12-16-27-59)98-83(106)60-28-17-13-18-29-60)87(111)117-71-51-94(113)82(119-86(110)61-30-19-14-20-31-61)80-92(11,72(102)50-73-93(80,52-114-73)120-57(6)100)81(105)78(115-56(5)99)76(55(71)4)89(94,7)8/h12-20,26-31,33-37,53-54,64-73,77-80,82,101-102,113H,21-25,32,38-52H2,1-11H3,(H,95,103)(H,96,107)(H,97,112)(H,98,106)(H,108,109)/t54-,64+,65+,66-,67+,68+,69-,70-,71-,72-,73+,77-,78+,79+,80?,82-,90+,91-,92+,93-,94-/m1/s1. The van der Waals surface area contributed by atoms with Crippen LogP contribution in [0.25, 0.3) is 0 Å². The topological polar surface area (TPSA) is 381 Å². The summed E-state index contributed by atoms with van der Waals surface area (Å²) in [6.07, 6.45) is 0.621. The number of aliphatic hydroxyl groups is 2. The lowest BCUT2D eigenvalue weighted by Crippen LogP contribution is -2.82. The molecule has 1 heterocycles. The van der Waals surface area contributed by atoms with Crippen molar-refractivity contribution in [1.29, 1.82) is 0 Å². The second kappa shape index (κ2) is 36.9. The Kier molecular flexibility index (Phi) is 27.5. The maximum atomic E-state index is 16.0. The molecule has 4 aromatic carbocycles. The fourth-order valence-electron chi connectivity index (χ4n) is 22.2. The van der Waals surface area contributed by atoms with Crippen LogP contribution in [0.4, 0.5) is 4.79 Å². The van der Waals surface area contributed by atoms with Crippen LogP contribution in [0.3, 0.4) is 0 Å². The van der Waals surface area contributed by atoms with Crippen LogP contribution in [0.15, 0.2) is 138 Å². The van der Waals surface area contributed by atoms with Gasteiger partial charge in [-0.15, -0.1) is 0 Å². The normalized spacial score (nSPS) is 30.6. The summed E-state index contributed by atoms with van der Waals surface area (Å²) in [5.74, 6) is -7.44. The first kappa shape index (κ1) is 89.5. The van der Waals surface area contributed by atoms with Gasteiger partial charge < -0.3 is 74.9 Å². The Labute approximate surface area is 702 Å². The SMILES string of the molecule is CC(=O)O[C@@H]1C(=O)[C@]2(C)C([C@@H](OC(=O)c3ccccc3)[C@]3(O)C[C@@H](OC(=O)[C@@H](OC(=O)CCC(=O)NCCCC[C@@H](NC(=O)[C@@H](Cc4ccc(O)cc4)NC(=O)O[C@H]4CC[C@@]5(C)C(=CC[C@H]6[C@@H]7CC[C@H]([C@H](C)CCCC(C)C)[C@@]7(C)CC[C@@H]65)C4)C(=O)O)[C@H](NC(=O)c4ccccc4)c4ccccc4)C(C)=C1C3(C)C)[C@@]1(OC(C)=O)CO[C@H]1C[C@H]2O. The smallest absolute Gasteiger partial charge is 0.408 e. The number of carboxylic acids is 1. The number of carbonyl (C=O) groups excluding carboxylic acids is 10. The Balaban J connectivity index is 0.714. The molecule has 12 rings (SSSR count). The van der Waals surface area contributed by atoms with E-state index in [-0.39, 0.29) is 77.6 Å². The van der Waals surface area contributed by atoms with Gasteiger partial charge in [0.2, 0.25) is 17.9 Å². The zero-order valence-electron chi connectivity index (χ0n) is 70.8. The van der Waals surface area contributed by atoms with Crippen molar-refractivity contribution in [2.24, 2.45) is 63.1 Å². The molecule has 26 heteroatoms. The summed E-state index contributed by atoms with van der Waals surface area (Å²) >= 11 is 0. The first-order chi connectivity index (χ1) is 56.9. The average molecular weight is 1660 g/mol. The van der Waals surface area contributed by atoms with Crippen LogP contribution < -0.4 is 21.3 Å². The van der Waals surface area contributed by atoms with E-state index in [1.807, 2.05) is 0 Å². The highest BCUT2D eigenvalue weighted by molar-refractivity contribution is 5.97. The molecule has 8 N–H and O–H groups in total. The number of ether oxygens (including phenoxy) is 7. The van der Waals surface area contributed by atoms with E-state index in [1.165, 1.54) is 115 Å². The van der Waals surface area contributed by atoms with Crippen molar-refractivity contribution in [3.05, 3.63) is 160 Å². The number of carboxylic acid groups (broad SMARTS) is 1. The molecule has 7 aliphatic carbocycles. The number of amides is 4. The number of unbranched alkanes of at least 4 members (excludes halogenated alkanes) is 1. The van der Waals surface area contributed by atoms with Gasteiger partial charge in [0.15, 0.2) is 17.5 Å². The highest BCUT2D eigenvalue weighted by Gasteiger charge is 2.79. The minimum atomic E-state index is -2.57. The number of Topliss-reactive ketones (excluding diaryl/α,β-unsaturated/α-hetero) is 1. The van der Waals surface area contributed by atoms with Gasteiger partial charge in [-0.25, -0.2) is 19.2 Å². The number of hydrogen-bond donors (Lipinski definition) is 8. The summed E-state index contributed by atoms with van der Waals surface area (Å²) in [6, 6.07) is 25.3. The fourth-order valence-corrected chi connectivity index (χ4v) is 22.2. The Bertz CT molecular complexity index is 4510. The summed E-state index contributed by atoms with van der Waals surface area (Å²) in [7, 11) is 0. The Hall–Kier alpha value is -9.79. The monoisotopic (exact) mass is 1660 g/mol. The second-order valence-electron chi connectivity index (χ2n) is 36.7. The third kappa shape index (κ3) is 18.4. The molecule has 4 amide bonds. The van der Waals surface area contributed by atoms with E-state index in [9.17, 15) is 63.6 Å². The number of carbonyl (C=O) groups is 11. The molecule has 2 bridgehead atoms. The van der Waals surface area contributed by atoms with Crippen LogP contribution in [-0.4, -0.2) is 165 Å². The molecule has 1 aliphatic heterocycles. The summed E-state index contributed by atoms with van der Waals surface area (Å²) in [5, 5.41) is 58.1. The Morgan fingerprint density at radius 2 is 1.37 bits per heavy atom. The first-order valence-corrected chi connectivity index (χ1v) is 42.9. The predicted molar refractivity (Wildman–Crippen MR) is 439 cm³/mol. The number of aliphatic hydroxyl groups excluding tert-OH is 1. The van der Waals surface area contributed by atoms with E-state index in [2.05, 4.69) is 62.0 Å².